The first-order valence-electron chi connectivity index (χ1n) is 11.0. The van der Waals surface area contributed by atoms with Gasteiger partial charge < -0.3 is 10.2 Å². The van der Waals surface area contributed by atoms with Crippen LogP contribution >= 0.6 is 23.2 Å². The van der Waals surface area contributed by atoms with Gasteiger partial charge in [0.15, 0.2) is 0 Å². The smallest absolute Gasteiger partial charge is 0.244 e. The van der Waals surface area contributed by atoms with E-state index in [1.807, 2.05) is 6.92 Å². The van der Waals surface area contributed by atoms with Crippen molar-refractivity contribution in [2.75, 3.05) is 23.7 Å². The summed E-state index contributed by atoms with van der Waals surface area (Å²) in [5, 5.41) is 3.64. The number of carbonyl (C=O) groups is 2. The van der Waals surface area contributed by atoms with Crippen molar-refractivity contribution < 1.29 is 18.0 Å². The molecule has 0 aliphatic rings. The summed E-state index contributed by atoms with van der Waals surface area (Å²) in [5.74, 6) is -0.821. The number of aryl methyl sites for hydroxylation is 1. The van der Waals surface area contributed by atoms with Gasteiger partial charge in [-0.15, -0.1) is 0 Å². The molecule has 0 spiro atoms. The molecule has 2 aromatic rings. The molecule has 2 rings (SSSR count). The highest BCUT2D eigenvalue weighted by Crippen LogP contribution is 2.27. The highest BCUT2D eigenvalue weighted by Gasteiger charge is 2.32. The summed E-state index contributed by atoms with van der Waals surface area (Å²) in [6.07, 6.45) is 2.13. The van der Waals surface area contributed by atoms with E-state index in [-0.39, 0.29) is 12.5 Å². The summed E-state index contributed by atoms with van der Waals surface area (Å²) in [4.78, 5) is 27.9. The van der Waals surface area contributed by atoms with Gasteiger partial charge in [-0.3, -0.25) is 13.9 Å². The first-order chi connectivity index (χ1) is 16.0. The Morgan fingerprint density at radius 1 is 1.09 bits per heavy atom. The van der Waals surface area contributed by atoms with Crippen LogP contribution in [0.3, 0.4) is 0 Å². The van der Waals surface area contributed by atoms with Gasteiger partial charge in [0.05, 0.1) is 11.9 Å². The van der Waals surface area contributed by atoms with Crippen LogP contribution in [0.25, 0.3) is 0 Å². The van der Waals surface area contributed by atoms with Crippen LogP contribution in [0.1, 0.15) is 37.8 Å². The van der Waals surface area contributed by atoms with Crippen LogP contribution in [-0.4, -0.2) is 50.5 Å². The fourth-order valence-corrected chi connectivity index (χ4v) is 4.80. The topological polar surface area (TPSA) is 86.8 Å². The predicted molar refractivity (Wildman–Crippen MR) is 138 cm³/mol. The largest absolute Gasteiger partial charge is 0.354 e. The lowest BCUT2D eigenvalue weighted by Crippen LogP contribution is -2.52. The zero-order valence-corrected chi connectivity index (χ0v) is 22.2. The van der Waals surface area contributed by atoms with Crippen molar-refractivity contribution in [3.63, 3.8) is 0 Å². The quantitative estimate of drug-likeness (QED) is 0.469. The van der Waals surface area contributed by atoms with Crippen LogP contribution in [0.4, 0.5) is 5.69 Å². The average molecular weight is 529 g/mol. The minimum Gasteiger partial charge on any atom is -0.354 e. The van der Waals surface area contributed by atoms with Crippen LogP contribution in [0, 0.1) is 6.92 Å². The minimum atomic E-state index is -3.83. The number of amides is 2. The zero-order valence-electron chi connectivity index (χ0n) is 19.8. The SMILES string of the molecule is CCCNC(=O)[C@@H](CC)N(Cc1ccccc1Cl)C(=O)CN(c1cc(Cl)ccc1C)S(C)(=O)=O. The molecule has 0 aliphatic carbocycles. The first kappa shape index (κ1) is 28.0. The number of rotatable bonds is 11. The normalized spacial score (nSPS) is 12.2. The van der Waals surface area contributed by atoms with Crippen LogP contribution in [0.15, 0.2) is 42.5 Å². The molecular weight excluding hydrogens is 497 g/mol. The molecule has 0 fully saturated rings. The van der Waals surface area contributed by atoms with Crippen LogP contribution in [0.5, 0.6) is 0 Å². The summed E-state index contributed by atoms with van der Waals surface area (Å²) in [5.41, 5.74) is 1.61. The fourth-order valence-electron chi connectivity index (χ4n) is 3.54. The molecule has 0 radical (unpaired) electrons. The van der Waals surface area contributed by atoms with E-state index in [0.29, 0.717) is 39.8 Å². The highest BCUT2D eigenvalue weighted by molar-refractivity contribution is 7.92. The van der Waals surface area contributed by atoms with Crippen molar-refractivity contribution in [1.82, 2.24) is 10.2 Å². The second kappa shape index (κ2) is 12.4. The Kier molecular flexibility index (Phi) is 10.2. The summed E-state index contributed by atoms with van der Waals surface area (Å²) in [7, 11) is -3.83. The zero-order chi connectivity index (χ0) is 25.5. The minimum absolute atomic E-state index is 0.0582. The Bertz CT molecular complexity index is 1120. The number of nitrogens with one attached hydrogen (secondary N) is 1. The van der Waals surface area contributed by atoms with Gasteiger partial charge in [0.1, 0.15) is 12.6 Å². The number of nitrogens with zero attached hydrogens (tertiary/aromatic N) is 2. The molecule has 7 nitrogen and oxygen atoms in total. The van der Waals surface area contributed by atoms with Crippen molar-refractivity contribution in [3.05, 3.63) is 63.6 Å². The molecule has 0 saturated carbocycles. The molecule has 0 bridgehead atoms. The van der Waals surface area contributed by atoms with E-state index < -0.39 is 28.5 Å². The highest BCUT2D eigenvalue weighted by atomic mass is 35.5. The Morgan fingerprint density at radius 2 is 1.76 bits per heavy atom. The van der Waals surface area contributed by atoms with Crippen molar-refractivity contribution in [2.45, 2.75) is 46.2 Å². The van der Waals surface area contributed by atoms with Crippen molar-refractivity contribution in [2.24, 2.45) is 0 Å². The third-order valence-corrected chi connectivity index (χ3v) is 7.08. The van der Waals surface area contributed by atoms with Crippen molar-refractivity contribution in [1.29, 1.82) is 0 Å². The molecular formula is C24H31Cl2N3O4S. The van der Waals surface area contributed by atoms with Gasteiger partial charge in [-0.25, -0.2) is 8.42 Å². The van der Waals surface area contributed by atoms with Crippen molar-refractivity contribution in [3.8, 4) is 0 Å². The van der Waals surface area contributed by atoms with E-state index in [9.17, 15) is 18.0 Å². The molecule has 2 aromatic carbocycles. The van der Waals surface area contributed by atoms with Gasteiger partial charge in [0.2, 0.25) is 21.8 Å². The first-order valence-corrected chi connectivity index (χ1v) is 13.6. The van der Waals surface area contributed by atoms with E-state index in [0.717, 1.165) is 17.0 Å². The van der Waals surface area contributed by atoms with Gasteiger partial charge in [-0.1, -0.05) is 61.3 Å². The molecule has 0 heterocycles. The third-order valence-electron chi connectivity index (χ3n) is 5.35. The number of hydrogen-bond acceptors (Lipinski definition) is 4. The Labute approximate surface area is 212 Å². The molecule has 34 heavy (non-hydrogen) atoms. The molecule has 0 aromatic heterocycles. The second-order valence-electron chi connectivity index (χ2n) is 8.03. The van der Waals surface area contributed by atoms with E-state index in [4.69, 9.17) is 23.2 Å². The number of benzene rings is 2. The Balaban J connectivity index is 2.48. The molecule has 0 unspecified atom stereocenters. The lowest BCUT2D eigenvalue weighted by molar-refractivity contribution is -0.140. The van der Waals surface area contributed by atoms with E-state index in [1.54, 1.807) is 50.2 Å². The van der Waals surface area contributed by atoms with Crippen molar-refractivity contribution >= 4 is 50.7 Å². The lowest BCUT2D eigenvalue weighted by atomic mass is 10.1. The second-order valence-corrected chi connectivity index (χ2v) is 10.8. The summed E-state index contributed by atoms with van der Waals surface area (Å²) >= 11 is 12.5. The fraction of sp³-hybridized carbons (Fsp3) is 0.417. The van der Waals surface area contributed by atoms with Crippen LogP contribution in [0.2, 0.25) is 10.0 Å². The summed E-state index contributed by atoms with van der Waals surface area (Å²) < 4.78 is 26.4. The molecule has 1 atom stereocenters. The van der Waals surface area contributed by atoms with Crippen LogP contribution in [-0.2, 0) is 26.2 Å². The molecule has 10 heteroatoms. The third kappa shape index (κ3) is 7.35. The Morgan fingerprint density at radius 3 is 2.35 bits per heavy atom. The standard InChI is InChI=1S/C24H31Cl2N3O4S/c1-5-13-27-24(31)21(6-2)28(15-18-9-7-8-10-20(18)26)23(30)16-29(34(4,32)33)22-14-19(25)12-11-17(22)3/h7-12,14,21H,5-6,13,15-16H2,1-4H3,(H,27,31)/t21-/m1/s1. The van der Waals surface area contributed by atoms with Crippen LogP contribution < -0.4 is 9.62 Å². The van der Waals surface area contributed by atoms with E-state index in [2.05, 4.69) is 5.32 Å². The average Bonchev–Trinajstić information content (AvgIpc) is 2.78. The molecule has 0 aliphatic heterocycles. The lowest BCUT2D eigenvalue weighted by Gasteiger charge is -2.33. The maximum atomic E-state index is 13.6. The number of sulfonamides is 1. The predicted octanol–water partition coefficient (Wildman–Crippen LogP) is 4.40. The van der Waals surface area contributed by atoms with Gasteiger partial charge in [0, 0.05) is 23.1 Å². The van der Waals surface area contributed by atoms with E-state index in [1.165, 1.54) is 11.0 Å². The monoisotopic (exact) mass is 527 g/mol. The number of carbonyl (C=O) groups excluding carboxylic acids is 2. The summed E-state index contributed by atoms with van der Waals surface area (Å²) in [6.45, 7) is 5.53. The molecule has 186 valence electrons. The molecule has 2 amide bonds. The number of hydrogen-bond donors (Lipinski definition) is 1. The van der Waals surface area contributed by atoms with Gasteiger partial charge >= 0.3 is 0 Å². The van der Waals surface area contributed by atoms with Gasteiger partial charge in [0.25, 0.3) is 0 Å². The van der Waals surface area contributed by atoms with Gasteiger partial charge in [-0.05, 0) is 49.1 Å². The maximum absolute atomic E-state index is 13.6. The molecule has 1 N–H and O–H groups in total. The maximum Gasteiger partial charge on any atom is 0.244 e. The number of anilines is 1. The molecule has 0 saturated heterocycles. The Hall–Kier alpha value is -2.29. The van der Waals surface area contributed by atoms with E-state index >= 15 is 0 Å². The van der Waals surface area contributed by atoms with Gasteiger partial charge in [-0.2, -0.15) is 0 Å². The number of halogens is 2. The summed E-state index contributed by atoms with van der Waals surface area (Å²) in [6, 6.07) is 11.1.